The third-order valence-corrected chi connectivity index (χ3v) is 7.43. The number of hydrogen-bond acceptors (Lipinski definition) is 7. The van der Waals surface area contributed by atoms with Gasteiger partial charge in [-0.1, -0.05) is 0 Å². The normalized spacial score (nSPS) is 19.4. The lowest BCUT2D eigenvalue weighted by molar-refractivity contribution is 0.486. The Labute approximate surface area is 160 Å². The van der Waals surface area contributed by atoms with Crippen LogP contribution in [0.4, 0.5) is 0 Å². The number of aryl methyl sites for hydroxylation is 2. The smallest absolute Gasteiger partial charge is 0.267 e. The third kappa shape index (κ3) is 3.12. The molecule has 8 nitrogen and oxygen atoms in total. The molecular weight excluding hydrogens is 386 g/mol. The predicted molar refractivity (Wildman–Crippen MR) is 106 cm³/mol. The van der Waals surface area contributed by atoms with E-state index in [-0.39, 0.29) is 23.1 Å². The standard InChI is InChI=1S/C17H19N5O3S2/c1-10-15(11(2)21(20-10)13-5-7-27(24,25)9-13)8-18-22-12(3)19-16-14(17(22)23)4-6-26-16/h4,6,8,13H,5,7,9H2,1-3H3/t13-/m1/s1. The number of thiophene rings is 1. The van der Waals surface area contributed by atoms with E-state index in [9.17, 15) is 13.2 Å². The van der Waals surface area contributed by atoms with Crippen molar-refractivity contribution >= 4 is 37.6 Å². The summed E-state index contributed by atoms with van der Waals surface area (Å²) < 4.78 is 26.6. The Bertz CT molecular complexity index is 1230. The number of sulfone groups is 1. The van der Waals surface area contributed by atoms with E-state index in [1.807, 2.05) is 19.2 Å². The third-order valence-electron chi connectivity index (χ3n) is 4.87. The molecule has 0 radical (unpaired) electrons. The zero-order valence-electron chi connectivity index (χ0n) is 15.2. The molecule has 0 spiro atoms. The van der Waals surface area contributed by atoms with Gasteiger partial charge >= 0.3 is 0 Å². The second-order valence-electron chi connectivity index (χ2n) is 6.75. The molecule has 3 aromatic rings. The Hall–Kier alpha value is -2.33. The van der Waals surface area contributed by atoms with Gasteiger partial charge in [-0.25, -0.2) is 13.4 Å². The molecule has 0 aliphatic carbocycles. The molecule has 1 aliphatic rings. The van der Waals surface area contributed by atoms with Gasteiger partial charge in [0.05, 0.1) is 34.8 Å². The summed E-state index contributed by atoms with van der Waals surface area (Å²) in [4.78, 5) is 17.7. The Balaban J connectivity index is 1.73. The lowest BCUT2D eigenvalue weighted by atomic mass is 10.2. The van der Waals surface area contributed by atoms with Gasteiger partial charge in [-0.05, 0) is 38.6 Å². The molecule has 27 heavy (non-hydrogen) atoms. The highest BCUT2D eigenvalue weighted by molar-refractivity contribution is 7.91. The van der Waals surface area contributed by atoms with E-state index in [4.69, 9.17) is 0 Å². The fourth-order valence-electron chi connectivity index (χ4n) is 3.44. The molecule has 1 fully saturated rings. The molecule has 10 heteroatoms. The first-order valence-electron chi connectivity index (χ1n) is 8.54. The van der Waals surface area contributed by atoms with Crippen LogP contribution in [-0.4, -0.2) is 45.6 Å². The van der Waals surface area contributed by atoms with Crippen LogP contribution in [0.3, 0.4) is 0 Å². The molecule has 4 rings (SSSR count). The first kappa shape index (κ1) is 18.1. The van der Waals surface area contributed by atoms with Crippen molar-refractivity contribution in [1.29, 1.82) is 0 Å². The zero-order chi connectivity index (χ0) is 19.3. The van der Waals surface area contributed by atoms with E-state index in [1.165, 1.54) is 16.0 Å². The van der Waals surface area contributed by atoms with E-state index < -0.39 is 9.84 Å². The van der Waals surface area contributed by atoms with Crippen LogP contribution >= 0.6 is 11.3 Å². The van der Waals surface area contributed by atoms with Crippen molar-refractivity contribution in [3.63, 3.8) is 0 Å². The topological polar surface area (TPSA) is 99.2 Å². The molecule has 0 saturated carbocycles. The molecule has 4 heterocycles. The maximum Gasteiger partial charge on any atom is 0.282 e. The number of nitrogens with zero attached hydrogens (tertiary/aromatic N) is 5. The number of aromatic nitrogens is 4. The van der Waals surface area contributed by atoms with E-state index >= 15 is 0 Å². The quantitative estimate of drug-likeness (QED) is 0.619. The molecule has 0 bridgehead atoms. The summed E-state index contributed by atoms with van der Waals surface area (Å²) in [6.45, 7) is 5.48. The summed E-state index contributed by atoms with van der Waals surface area (Å²) in [5.74, 6) is 0.819. The van der Waals surface area contributed by atoms with Gasteiger partial charge in [-0.3, -0.25) is 9.48 Å². The average molecular weight is 406 g/mol. The minimum absolute atomic E-state index is 0.114. The van der Waals surface area contributed by atoms with Gasteiger partial charge in [0.15, 0.2) is 9.84 Å². The van der Waals surface area contributed by atoms with Gasteiger partial charge in [0, 0.05) is 11.3 Å². The van der Waals surface area contributed by atoms with Gasteiger partial charge in [-0.2, -0.15) is 14.9 Å². The van der Waals surface area contributed by atoms with Gasteiger partial charge < -0.3 is 0 Å². The van der Waals surface area contributed by atoms with Crippen molar-refractivity contribution < 1.29 is 8.42 Å². The van der Waals surface area contributed by atoms with Crippen LogP contribution in [0.15, 0.2) is 21.3 Å². The average Bonchev–Trinajstić information content (AvgIpc) is 3.27. The largest absolute Gasteiger partial charge is 0.282 e. The minimum atomic E-state index is -2.99. The molecule has 0 amide bonds. The Morgan fingerprint density at radius 2 is 2.11 bits per heavy atom. The lowest BCUT2D eigenvalue weighted by Gasteiger charge is -2.10. The highest BCUT2D eigenvalue weighted by Crippen LogP contribution is 2.26. The second-order valence-corrected chi connectivity index (χ2v) is 9.87. The summed E-state index contributed by atoms with van der Waals surface area (Å²) in [7, 11) is -2.99. The highest BCUT2D eigenvalue weighted by atomic mass is 32.2. The maximum atomic E-state index is 12.6. The molecule has 0 aromatic carbocycles. The highest BCUT2D eigenvalue weighted by Gasteiger charge is 2.31. The van der Waals surface area contributed by atoms with Crippen LogP contribution in [0, 0.1) is 20.8 Å². The van der Waals surface area contributed by atoms with E-state index in [0.717, 1.165) is 17.0 Å². The number of rotatable bonds is 3. The molecule has 1 aliphatic heterocycles. The Morgan fingerprint density at radius 3 is 2.81 bits per heavy atom. The Kier molecular flexibility index (Phi) is 4.26. The first-order chi connectivity index (χ1) is 12.8. The molecular formula is C17H19N5O3S2. The SMILES string of the molecule is Cc1nn([C@@H]2CCS(=O)(=O)C2)c(C)c1C=Nn1c(C)nc2sccc2c1=O. The van der Waals surface area contributed by atoms with Crippen LogP contribution < -0.4 is 5.56 Å². The van der Waals surface area contributed by atoms with E-state index in [0.29, 0.717) is 22.5 Å². The summed E-state index contributed by atoms with van der Waals surface area (Å²) in [5.41, 5.74) is 2.17. The molecule has 1 atom stereocenters. The fraction of sp³-hybridized carbons (Fsp3) is 0.412. The fourth-order valence-corrected chi connectivity index (χ4v) is 5.94. The summed E-state index contributed by atoms with van der Waals surface area (Å²) in [6, 6.07) is 1.60. The van der Waals surface area contributed by atoms with Gasteiger partial charge in [-0.15, -0.1) is 11.3 Å². The lowest BCUT2D eigenvalue weighted by Crippen LogP contribution is -2.20. The summed E-state index contributed by atoms with van der Waals surface area (Å²) in [6.07, 6.45) is 2.17. The number of hydrogen-bond donors (Lipinski definition) is 0. The van der Waals surface area contributed by atoms with Crippen molar-refractivity contribution in [2.24, 2.45) is 5.10 Å². The predicted octanol–water partition coefficient (Wildman–Crippen LogP) is 1.82. The van der Waals surface area contributed by atoms with Crippen molar-refractivity contribution in [3.8, 4) is 0 Å². The summed E-state index contributed by atoms with van der Waals surface area (Å²) >= 11 is 1.42. The van der Waals surface area contributed by atoms with Crippen molar-refractivity contribution in [2.45, 2.75) is 33.2 Å². The van der Waals surface area contributed by atoms with Crippen molar-refractivity contribution in [1.82, 2.24) is 19.4 Å². The molecule has 0 N–H and O–H groups in total. The molecule has 1 saturated heterocycles. The molecule has 3 aromatic heterocycles. The van der Waals surface area contributed by atoms with Crippen LogP contribution in [0.1, 0.15) is 35.2 Å². The molecule has 0 unspecified atom stereocenters. The minimum Gasteiger partial charge on any atom is -0.267 e. The van der Waals surface area contributed by atoms with Crippen molar-refractivity contribution in [2.75, 3.05) is 11.5 Å². The zero-order valence-corrected chi connectivity index (χ0v) is 16.8. The van der Waals surface area contributed by atoms with E-state index in [1.54, 1.807) is 23.9 Å². The van der Waals surface area contributed by atoms with Crippen LogP contribution in [-0.2, 0) is 9.84 Å². The van der Waals surface area contributed by atoms with Crippen LogP contribution in [0.5, 0.6) is 0 Å². The van der Waals surface area contributed by atoms with Crippen molar-refractivity contribution in [3.05, 3.63) is 44.6 Å². The maximum absolute atomic E-state index is 12.6. The Morgan fingerprint density at radius 1 is 1.33 bits per heavy atom. The second kappa shape index (κ2) is 6.38. The first-order valence-corrected chi connectivity index (χ1v) is 11.2. The van der Waals surface area contributed by atoms with E-state index in [2.05, 4.69) is 15.2 Å². The van der Waals surface area contributed by atoms with Gasteiger partial charge in [0.1, 0.15) is 10.7 Å². The number of fused-ring (bicyclic) bond motifs is 1. The monoisotopic (exact) mass is 405 g/mol. The van der Waals surface area contributed by atoms with Crippen LogP contribution in [0.2, 0.25) is 0 Å². The van der Waals surface area contributed by atoms with Crippen LogP contribution in [0.25, 0.3) is 10.2 Å². The summed E-state index contributed by atoms with van der Waals surface area (Å²) in [5, 5.41) is 11.2. The van der Waals surface area contributed by atoms with Gasteiger partial charge in [0.25, 0.3) is 5.56 Å². The molecule has 142 valence electrons. The van der Waals surface area contributed by atoms with Gasteiger partial charge in [0.2, 0.25) is 0 Å².